The minimum Gasteiger partial charge on any atom is -0.491 e. The number of hydrogen-bond acceptors (Lipinski definition) is 2. The summed E-state index contributed by atoms with van der Waals surface area (Å²) in [6, 6.07) is 9.96. The van der Waals surface area contributed by atoms with E-state index in [4.69, 9.17) is 4.74 Å². The maximum atomic E-state index is 14.1. The molecule has 0 unspecified atom stereocenters. The zero-order valence-electron chi connectivity index (χ0n) is 13.4. The van der Waals surface area contributed by atoms with Gasteiger partial charge in [0, 0.05) is 0 Å². The molecule has 0 amide bonds. The van der Waals surface area contributed by atoms with Crippen LogP contribution in [0.4, 0.5) is 4.39 Å². The van der Waals surface area contributed by atoms with Gasteiger partial charge in [0.15, 0.2) is 11.6 Å². The Morgan fingerprint density at radius 2 is 1.78 bits per heavy atom. The van der Waals surface area contributed by atoms with Gasteiger partial charge in [0.25, 0.3) is 0 Å². The molecule has 0 aromatic heterocycles. The molecule has 3 nitrogen and oxygen atoms in total. The van der Waals surface area contributed by atoms with Crippen LogP contribution in [-0.4, -0.2) is 17.7 Å². The first-order valence-corrected chi connectivity index (χ1v) is 7.85. The van der Waals surface area contributed by atoms with Crippen molar-refractivity contribution in [1.29, 1.82) is 0 Å². The highest BCUT2D eigenvalue weighted by Crippen LogP contribution is 2.28. The minimum atomic E-state index is -0.936. The van der Waals surface area contributed by atoms with Crippen molar-refractivity contribution < 1.29 is 19.0 Å². The molecule has 0 saturated carbocycles. The number of carbonyl (C=O) groups is 1. The van der Waals surface area contributed by atoms with Gasteiger partial charge in [-0.3, -0.25) is 0 Å². The van der Waals surface area contributed by atoms with Crippen LogP contribution in [0, 0.1) is 5.82 Å². The third-order valence-corrected chi connectivity index (χ3v) is 3.58. The second kappa shape index (κ2) is 7.77. The number of hydrogen-bond donors (Lipinski definition) is 1. The lowest BCUT2D eigenvalue weighted by Gasteiger charge is -2.11. The number of rotatable bonds is 7. The summed E-state index contributed by atoms with van der Waals surface area (Å²) in [6.07, 6.45) is 2.34. The van der Waals surface area contributed by atoms with Crippen LogP contribution in [0.1, 0.15) is 42.6 Å². The smallest absolute Gasteiger partial charge is 0.335 e. The summed E-state index contributed by atoms with van der Waals surface area (Å²) < 4.78 is 19.4. The summed E-state index contributed by atoms with van der Waals surface area (Å²) >= 11 is 0. The molecule has 4 heteroatoms. The Balaban J connectivity index is 2.36. The number of benzene rings is 2. The zero-order chi connectivity index (χ0) is 16.8. The van der Waals surface area contributed by atoms with Gasteiger partial charge in [0.1, 0.15) is 0 Å². The summed E-state index contributed by atoms with van der Waals surface area (Å²) in [5.74, 6) is -1.10. The van der Waals surface area contributed by atoms with Crippen LogP contribution < -0.4 is 4.74 Å². The molecule has 0 aliphatic rings. The topological polar surface area (TPSA) is 46.5 Å². The van der Waals surface area contributed by atoms with Crippen molar-refractivity contribution in [3.8, 4) is 16.9 Å². The van der Waals surface area contributed by atoms with Gasteiger partial charge < -0.3 is 9.84 Å². The molecule has 0 bridgehead atoms. The average Bonchev–Trinajstić information content (AvgIpc) is 2.53. The Morgan fingerprint density at radius 3 is 2.39 bits per heavy atom. The fraction of sp³-hybridized carbons (Fsp3) is 0.316. The first kappa shape index (κ1) is 17.0. The third kappa shape index (κ3) is 4.09. The van der Waals surface area contributed by atoms with Crippen molar-refractivity contribution in [2.75, 3.05) is 6.61 Å². The van der Waals surface area contributed by atoms with Gasteiger partial charge in [-0.25, -0.2) is 9.18 Å². The quantitative estimate of drug-likeness (QED) is 0.787. The molecule has 2 aromatic rings. The fourth-order valence-corrected chi connectivity index (χ4v) is 2.47. The molecule has 0 heterocycles. The number of aromatic carboxylic acids is 1. The molecule has 0 aliphatic carbocycles. The van der Waals surface area contributed by atoms with E-state index in [1.807, 2.05) is 19.9 Å². The molecule has 23 heavy (non-hydrogen) atoms. The molecule has 0 radical (unpaired) electrons. The Bertz CT molecular complexity index is 695. The minimum absolute atomic E-state index is 0.242. The molecule has 0 fully saturated rings. The van der Waals surface area contributed by atoms with Gasteiger partial charge in [-0.1, -0.05) is 38.5 Å². The number of aryl methyl sites for hydroxylation is 1. The van der Waals surface area contributed by atoms with Gasteiger partial charge in [0.2, 0.25) is 0 Å². The van der Waals surface area contributed by atoms with E-state index in [0.29, 0.717) is 24.2 Å². The van der Waals surface area contributed by atoms with E-state index >= 15 is 0 Å². The summed E-state index contributed by atoms with van der Waals surface area (Å²) in [7, 11) is 0. The highest BCUT2D eigenvalue weighted by atomic mass is 19.1. The Kier molecular flexibility index (Phi) is 5.74. The predicted molar refractivity (Wildman–Crippen MR) is 88.6 cm³/mol. The first-order chi connectivity index (χ1) is 11.1. The van der Waals surface area contributed by atoms with Gasteiger partial charge in [-0.2, -0.15) is 0 Å². The molecule has 2 rings (SSSR count). The van der Waals surface area contributed by atoms with Gasteiger partial charge in [-0.15, -0.1) is 0 Å². The summed E-state index contributed by atoms with van der Waals surface area (Å²) in [4.78, 5) is 11.3. The fourth-order valence-electron chi connectivity index (χ4n) is 2.47. The number of halogens is 1. The predicted octanol–water partition coefficient (Wildman–Crippen LogP) is 4.93. The largest absolute Gasteiger partial charge is 0.491 e. The first-order valence-electron chi connectivity index (χ1n) is 7.85. The van der Waals surface area contributed by atoms with E-state index in [1.54, 1.807) is 24.3 Å². The lowest BCUT2D eigenvalue weighted by Crippen LogP contribution is -2.02. The Morgan fingerprint density at radius 1 is 1.09 bits per heavy atom. The maximum Gasteiger partial charge on any atom is 0.335 e. The molecule has 0 aliphatic heterocycles. The molecule has 0 saturated heterocycles. The number of carboxylic acids is 1. The van der Waals surface area contributed by atoms with Crippen LogP contribution >= 0.6 is 0 Å². The van der Waals surface area contributed by atoms with Crippen LogP contribution in [0.25, 0.3) is 11.1 Å². The molecule has 0 spiro atoms. The SMILES string of the molecule is CCCOc1ccc(-c2ccc(C(=O)O)c(CCC)c2)cc1F. The van der Waals surface area contributed by atoms with Crippen LogP contribution in [0.5, 0.6) is 5.75 Å². The van der Waals surface area contributed by atoms with Crippen molar-refractivity contribution in [1.82, 2.24) is 0 Å². The summed E-state index contributed by atoms with van der Waals surface area (Å²) in [5.41, 5.74) is 2.59. The van der Waals surface area contributed by atoms with Crippen molar-refractivity contribution in [3.63, 3.8) is 0 Å². The zero-order valence-corrected chi connectivity index (χ0v) is 13.4. The molecule has 2 aromatic carbocycles. The van der Waals surface area contributed by atoms with Crippen LogP contribution in [0.2, 0.25) is 0 Å². The van der Waals surface area contributed by atoms with Crippen molar-refractivity contribution in [2.45, 2.75) is 33.1 Å². The van der Waals surface area contributed by atoms with Gasteiger partial charge in [-0.05, 0) is 47.7 Å². The van der Waals surface area contributed by atoms with E-state index in [2.05, 4.69) is 0 Å². The second-order valence-electron chi connectivity index (χ2n) is 5.42. The molecule has 122 valence electrons. The molecule has 0 atom stereocenters. The van der Waals surface area contributed by atoms with E-state index in [9.17, 15) is 14.3 Å². The third-order valence-electron chi connectivity index (χ3n) is 3.58. The average molecular weight is 316 g/mol. The summed E-state index contributed by atoms with van der Waals surface area (Å²) in [6.45, 7) is 4.44. The van der Waals surface area contributed by atoms with E-state index in [-0.39, 0.29) is 5.75 Å². The Labute approximate surface area is 135 Å². The highest BCUT2D eigenvalue weighted by Gasteiger charge is 2.12. The normalized spacial score (nSPS) is 10.6. The highest BCUT2D eigenvalue weighted by molar-refractivity contribution is 5.90. The summed E-state index contributed by atoms with van der Waals surface area (Å²) in [5, 5.41) is 9.24. The van der Waals surface area contributed by atoms with Crippen molar-refractivity contribution in [2.24, 2.45) is 0 Å². The van der Waals surface area contributed by atoms with E-state index in [1.165, 1.54) is 6.07 Å². The van der Waals surface area contributed by atoms with Gasteiger partial charge >= 0.3 is 5.97 Å². The Hall–Kier alpha value is -2.36. The lowest BCUT2D eigenvalue weighted by atomic mass is 9.96. The van der Waals surface area contributed by atoms with E-state index < -0.39 is 11.8 Å². The van der Waals surface area contributed by atoms with Crippen LogP contribution in [0.15, 0.2) is 36.4 Å². The lowest BCUT2D eigenvalue weighted by molar-refractivity contribution is 0.0695. The molecule has 1 N–H and O–H groups in total. The van der Waals surface area contributed by atoms with Crippen LogP contribution in [-0.2, 0) is 6.42 Å². The van der Waals surface area contributed by atoms with Gasteiger partial charge in [0.05, 0.1) is 12.2 Å². The standard InChI is InChI=1S/C19H21FO3/c1-3-5-15-11-13(6-8-16(15)19(21)22)14-7-9-18(17(20)12-14)23-10-4-2/h6-9,11-12H,3-5,10H2,1-2H3,(H,21,22). The van der Waals surface area contributed by atoms with Crippen molar-refractivity contribution >= 4 is 5.97 Å². The van der Waals surface area contributed by atoms with E-state index in [0.717, 1.165) is 24.0 Å². The maximum absolute atomic E-state index is 14.1. The monoisotopic (exact) mass is 316 g/mol. The molecular formula is C19H21FO3. The second-order valence-corrected chi connectivity index (χ2v) is 5.42. The van der Waals surface area contributed by atoms with Crippen LogP contribution in [0.3, 0.4) is 0 Å². The number of ether oxygens (including phenoxy) is 1. The number of carboxylic acid groups (broad SMARTS) is 1. The van der Waals surface area contributed by atoms with Crippen molar-refractivity contribution in [3.05, 3.63) is 53.3 Å². The molecular weight excluding hydrogens is 295 g/mol.